The van der Waals surface area contributed by atoms with Crippen molar-refractivity contribution in [1.29, 1.82) is 0 Å². The van der Waals surface area contributed by atoms with Gasteiger partial charge < -0.3 is 10.1 Å². The maximum Gasteiger partial charge on any atom is 0.240 e. The number of carbonyl (C=O) groups is 2. The van der Waals surface area contributed by atoms with Crippen molar-refractivity contribution in [3.8, 4) is 5.75 Å². The van der Waals surface area contributed by atoms with Crippen LogP contribution in [0.5, 0.6) is 5.75 Å². The molecule has 0 saturated heterocycles. The van der Waals surface area contributed by atoms with Gasteiger partial charge in [-0.2, -0.15) is 5.10 Å². The van der Waals surface area contributed by atoms with Crippen LogP contribution in [0.3, 0.4) is 0 Å². The number of halogens is 1. The highest BCUT2D eigenvalue weighted by atomic mass is 79.9. The van der Waals surface area contributed by atoms with E-state index < -0.39 is 0 Å². The van der Waals surface area contributed by atoms with Crippen LogP contribution >= 0.6 is 15.9 Å². The van der Waals surface area contributed by atoms with Crippen LogP contribution in [0.4, 0.5) is 5.69 Å². The molecule has 0 aliphatic carbocycles. The van der Waals surface area contributed by atoms with Crippen LogP contribution in [0.1, 0.15) is 29.5 Å². The van der Waals surface area contributed by atoms with Crippen molar-refractivity contribution in [3.63, 3.8) is 0 Å². The highest BCUT2D eigenvalue weighted by Crippen LogP contribution is 2.18. The minimum atomic E-state index is -0.339. The molecule has 0 heterocycles. The molecule has 164 valence electrons. The number of nitrogens with zero attached hydrogens (tertiary/aromatic N) is 1. The maximum absolute atomic E-state index is 12.0. The molecular formula is C25H24BrN3O3. The number of aryl methyl sites for hydroxylation is 1. The van der Waals surface area contributed by atoms with Crippen LogP contribution in [0, 0.1) is 6.92 Å². The van der Waals surface area contributed by atoms with Crippen molar-refractivity contribution in [1.82, 2.24) is 5.43 Å². The molecule has 0 bridgehead atoms. The summed E-state index contributed by atoms with van der Waals surface area (Å²) < 4.78 is 6.90. The van der Waals surface area contributed by atoms with E-state index in [-0.39, 0.29) is 24.7 Å². The van der Waals surface area contributed by atoms with Gasteiger partial charge in [-0.25, -0.2) is 5.43 Å². The first kappa shape index (κ1) is 23.2. The van der Waals surface area contributed by atoms with Gasteiger partial charge in [0.15, 0.2) is 0 Å². The molecule has 2 amide bonds. The standard InChI is InChI=1S/C25H24BrN3O3/c1-18-6-12-22(13-7-18)28-24(30)14-15-25(31)29-27-16-20-4-2-3-5-23(20)32-17-19-8-10-21(26)11-9-19/h2-13,16H,14-15,17H2,1H3,(H,28,30)(H,29,31). The average molecular weight is 494 g/mol. The van der Waals surface area contributed by atoms with Crippen LogP contribution in [0.15, 0.2) is 82.4 Å². The fraction of sp³-hybridized carbons (Fsp3) is 0.160. The Labute approximate surface area is 195 Å². The van der Waals surface area contributed by atoms with Crippen LogP contribution in [0.2, 0.25) is 0 Å². The highest BCUT2D eigenvalue weighted by Gasteiger charge is 2.07. The van der Waals surface area contributed by atoms with E-state index >= 15 is 0 Å². The van der Waals surface area contributed by atoms with Gasteiger partial charge in [-0.15, -0.1) is 0 Å². The second-order valence-electron chi connectivity index (χ2n) is 7.16. The summed E-state index contributed by atoms with van der Waals surface area (Å²) in [7, 11) is 0. The van der Waals surface area contributed by atoms with Crippen molar-refractivity contribution in [2.24, 2.45) is 5.10 Å². The van der Waals surface area contributed by atoms with E-state index in [1.807, 2.05) is 79.7 Å². The van der Waals surface area contributed by atoms with E-state index in [1.165, 1.54) is 6.21 Å². The summed E-state index contributed by atoms with van der Waals surface area (Å²) in [5, 5.41) is 6.77. The molecule has 0 atom stereocenters. The second kappa shape index (κ2) is 11.8. The van der Waals surface area contributed by atoms with Crippen LogP contribution in [-0.4, -0.2) is 18.0 Å². The average Bonchev–Trinajstić information content (AvgIpc) is 2.80. The third-order valence-corrected chi connectivity index (χ3v) is 5.06. The fourth-order valence-electron chi connectivity index (χ4n) is 2.78. The number of nitrogens with one attached hydrogen (secondary N) is 2. The molecule has 0 spiro atoms. The van der Waals surface area contributed by atoms with Crippen molar-refractivity contribution < 1.29 is 14.3 Å². The summed E-state index contributed by atoms with van der Waals surface area (Å²) in [5.41, 5.74) is 6.05. The first-order valence-electron chi connectivity index (χ1n) is 10.1. The lowest BCUT2D eigenvalue weighted by atomic mass is 10.2. The first-order chi connectivity index (χ1) is 15.5. The van der Waals surface area contributed by atoms with Gasteiger partial charge in [0, 0.05) is 28.6 Å². The summed E-state index contributed by atoms with van der Waals surface area (Å²) >= 11 is 3.41. The number of ether oxygens (including phenoxy) is 1. The predicted octanol–water partition coefficient (Wildman–Crippen LogP) is 5.21. The van der Waals surface area contributed by atoms with Gasteiger partial charge in [-0.1, -0.05) is 57.9 Å². The topological polar surface area (TPSA) is 79.8 Å². The molecule has 6 nitrogen and oxygen atoms in total. The molecule has 3 aromatic carbocycles. The Bertz CT molecular complexity index is 1080. The molecule has 32 heavy (non-hydrogen) atoms. The smallest absolute Gasteiger partial charge is 0.240 e. The lowest BCUT2D eigenvalue weighted by molar-refractivity contribution is -0.124. The van der Waals surface area contributed by atoms with Gasteiger partial charge in [-0.3, -0.25) is 9.59 Å². The van der Waals surface area contributed by atoms with Crippen molar-refractivity contribution in [2.45, 2.75) is 26.4 Å². The minimum absolute atomic E-state index is 0.0384. The van der Waals surface area contributed by atoms with Crippen LogP contribution in [0.25, 0.3) is 0 Å². The monoisotopic (exact) mass is 493 g/mol. The zero-order chi connectivity index (χ0) is 22.8. The van der Waals surface area contributed by atoms with Crippen molar-refractivity contribution in [3.05, 3.63) is 94.0 Å². The highest BCUT2D eigenvalue weighted by molar-refractivity contribution is 9.10. The molecule has 0 radical (unpaired) electrons. The number of hydrogen-bond donors (Lipinski definition) is 2. The van der Waals surface area contributed by atoms with Gasteiger partial charge in [0.05, 0.1) is 6.21 Å². The Kier molecular flexibility index (Phi) is 8.57. The second-order valence-corrected chi connectivity index (χ2v) is 8.08. The Hall–Kier alpha value is -3.45. The van der Waals surface area contributed by atoms with Gasteiger partial charge in [0.1, 0.15) is 12.4 Å². The molecule has 7 heteroatoms. The number of benzene rings is 3. The zero-order valence-electron chi connectivity index (χ0n) is 17.7. The molecule has 3 aromatic rings. The quantitative estimate of drug-likeness (QED) is 0.317. The number of carbonyl (C=O) groups excluding carboxylic acids is 2. The fourth-order valence-corrected chi connectivity index (χ4v) is 3.04. The van der Waals surface area contributed by atoms with E-state index in [0.29, 0.717) is 18.0 Å². The third kappa shape index (κ3) is 7.67. The Morgan fingerprint density at radius 1 is 0.938 bits per heavy atom. The zero-order valence-corrected chi connectivity index (χ0v) is 19.3. The lowest BCUT2D eigenvalue weighted by Crippen LogP contribution is -2.20. The molecule has 0 unspecified atom stereocenters. The number of para-hydroxylation sites is 1. The Morgan fingerprint density at radius 3 is 2.38 bits per heavy atom. The third-order valence-electron chi connectivity index (χ3n) is 4.53. The molecule has 0 aliphatic rings. The SMILES string of the molecule is Cc1ccc(NC(=O)CCC(=O)NN=Cc2ccccc2OCc2ccc(Br)cc2)cc1. The lowest BCUT2D eigenvalue weighted by Gasteiger charge is -2.09. The summed E-state index contributed by atoms with van der Waals surface area (Å²) in [5.74, 6) is 0.0964. The summed E-state index contributed by atoms with van der Waals surface area (Å²) in [6.07, 6.45) is 1.64. The summed E-state index contributed by atoms with van der Waals surface area (Å²) in [6.45, 7) is 2.39. The molecule has 2 N–H and O–H groups in total. The van der Waals surface area contributed by atoms with Crippen LogP contribution < -0.4 is 15.5 Å². The number of hydrogen-bond acceptors (Lipinski definition) is 4. The van der Waals surface area contributed by atoms with Gasteiger partial charge >= 0.3 is 0 Å². The van der Waals surface area contributed by atoms with E-state index in [0.717, 1.165) is 21.2 Å². The van der Waals surface area contributed by atoms with Gasteiger partial charge in [0.2, 0.25) is 11.8 Å². The van der Waals surface area contributed by atoms with Crippen LogP contribution in [-0.2, 0) is 16.2 Å². The van der Waals surface area contributed by atoms with Crippen molar-refractivity contribution >= 4 is 39.6 Å². The first-order valence-corrected chi connectivity index (χ1v) is 10.9. The van der Waals surface area contributed by atoms with Gasteiger partial charge in [-0.05, 0) is 48.9 Å². The van der Waals surface area contributed by atoms with E-state index in [4.69, 9.17) is 4.74 Å². The van der Waals surface area contributed by atoms with E-state index in [1.54, 1.807) is 0 Å². The number of hydrazone groups is 1. The molecule has 0 fully saturated rings. The molecule has 0 aromatic heterocycles. The number of anilines is 1. The van der Waals surface area contributed by atoms with E-state index in [2.05, 4.69) is 31.8 Å². The Morgan fingerprint density at radius 2 is 1.62 bits per heavy atom. The minimum Gasteiger partial charge on any atom is -0.488 e. The van der Waals surface area contributed by atoms with Crippen molar-refractivity contribution in [2.75, 3.05) is 5.32 Å². The number of rotatable bonds is 9. The van der Waals surface area contributed by atoms with Gasteiger partial charge in [0.25, 0.3) is 0 Å². The van der Waals surface area contributed by atoms with E-state index in [9.17, 15) is 9.59 Å². The largest absolute Gasteiger partial charge is 0.488 e. The molecule has 0 aliphatic heterocycles. The summed E-state index contributed by atoms with van der Waals surface area (Å²) in [6, 6.07) is 22.8. The number of amides is 2. The Balaban J connectivity index is 1.45. The summed E-state index contributed by atoms with van der Waals surface area (Å²) in [4.78, 5) is 24.0. The molecular weight excluding hydrogens is 470 g/mol. The normalized spacial score (nSPS) is 10.7. The molecule has 0 saturated carbocycles. The predicted molar refractivity (Wildman–Crippen MR) is 130 cm³/mol. The maximum atomic E-state index is 12.0. The molecule has 3 rings (SSSR count).